The smallest absolute Gasteiger partial charge is 0.129 e. The number of ether oxygens (including phenoxy) is 1. The molecule has 2 aromatic heterocycles. The van der Waals surface area contributed by atoms with Gasteiger partial charge >= 0.3 is 0 Å². The van der Waals surface area contributed by atoms with Gasteiger partial charge in [0.05, 0.1) is 17.8 Å². The minimum Gasteiger partial charge on any atom is -0.490 e. The predicted molar refractivity (Wildman–Crippen MR) is 84.6 cm³/mol. The minimum absolute atomic E-state index is 0.189. The van der Waals surface area contributed by atoms with Crippen LogP contribution < -0.4 is 4.74 Å². The average Bonchev–Trinajstić information content (AvgIpc) is 3.03. The monoisotopic (exact) mass is 283 g/mol. The molecule has 0 atom stereocenters. The van der Waals surface area contributed by atoms with Crippen molar-refractivity contribution >= 4 is 10.9 Å². The van der Waals surface area contributed by atoms with Gasteiger partial charge in [-0.05, 0) is 44.0 Å². The number of rotatable bonds is 5. The highest BCUT2D eigenvalue weighted by Crippen LogP contribution is 2.27. The second-order valence-electron chi connectivity index (χ2n) is 5.64. The van der Waals surface area contributed by atoms with Crippen molar-refractivity contribution in [1.29, 1.82) is 0 Å². The van der Waals surface area contributed by atoms with Crippen LogP contribution in [-0.4, -0.2) is 20.5 Å². The summed E-state index contributed by atoms with van der Waals surface area (Å²) >= 11 is 0. The number of hydrogen-bond donors (Lipinski definition) is 0. The molecule has 0 unspecified atom stereocenters. The van der Waals surface area contributed by atoms with Gasteiger partial charge in [-0.25, -0.2) is 0 Å². The molecule has 21 heavy (non-hydrogen) atoms. The first kappa shape index (κ1) is 13.7. The van der Waals surface area contributed by atoms with Gasteiger partial charge in [0.2, 0.25) is 0 Å². The third-order valence-electron chi connectivity index (χ3n) is 3.54. The first-order valence-corrected chi connectivity index (χ1v) is 7.35. The Labute approximate surface area is 124 Å². The van der Waals surface area contributed by atoms with Crippen LogP contribution in [0.3, 0.4) is 0 Å². The van der Waals surface area contributed by atoms with Gasteiger partial charge < -0.3 is 9.30 Å². The summed E-state index contributed by atoms with van der Waals surface area (Å²) in [6.45, 7) is 5.05. The van der Waals surface area contributed by atoms with Crippen LogP contribution >= 0.6 is 0 Å². The Morgan fingerprint density at radius 2 is 2.10 bits per heavy atom. The van der Waals surface area contributed by atoms with Gasteiger partial charge in [-0.3, -0.25) is 4.68 Å². The Morgan fingerprint density at radius 1 is 1.24 bits per heavy atom. The summed E-state index contributed by atoms with van der Waals surface area (Å²) in [7, 11) is 1.95. The molecule has 3 rings (SSSR count). The molecule has 0 bridgehead atoms. The van der Waals surface area contributed by atoms with E-state index in [4.69, 9.17) is 4.74 Å². The highest BCUT2D eigenvalue weighted by Gasteiger charge is 2.08. The van der Waals surface area contributed by atoms with Gasteiger partial charge in [-0.1, -0.05) is 6.07 Å². The predicted octanol–water partition coefficient (Wildman–Crippen LogP) is 3.40. The molecule has 0 fully saturated rings. The molecule has 0 aliphatic rings. The Morgan fingerprint density at radius 3 is 2.81 bits per heavy atom. The van der Waals surface area contributed by atoms with Gasteiger partial charge in [-0.2, -0.15) is 5.10 Å². The van der Waals surface area contributed by atoms with Crippen molar-refractivity contribution in [2.45, 2.75) is 32.9 Å². The second kappa shape index (κ2) is 5.64. The molecule has 1 aromatic carbocycles. The van der Waals surface area contributed by atoms with Crippen molar-refractivity contribution in [2.75, 3.05) is 0 Å². The summed E-state index contributed by atoms with van der Waals surface area (Å²) in [5.41, 5.74) is 2.48. The summed E-state index contributed by atoms with van der Waals surface area (Å²) in [6, 6.07) is 8.37. The first-order valence-electron chi connectivity index (χ1n) is 7.35. The first-order chi connectivity index (χ1) is 10.1. The standard InChI is InChI=1S/C17H21N3O/c1-13(2)21-17-6-4-5-16-15(17)8-10-20(16)9-7-14-11-18-19(3)12-14/h4-6,8,10-13H,7,9H2,1-3H3. The lowest BCUT2D eigenvalue weighted by molar-refractivity contribution is 0.245. The molecule has 0 spiro atoms. The van der Waals surface area contributed by atoms with E-state index in [2.05, 4.69) is 54.1 Å². The molecule has 110 valence electrons. The third kappa shape index (κ3) is 2.94. The van der Waals surface area contributed by atoms with Crippen LogP contribution in [0.2, 0.25) is 0 Å². The molecule has 0 saturated carbocycles. The Hall–Kier alpha value is -2.23. The summed E-state index contributed by atoms with van der Waals surface area (Å²) < 4.78 is 10.00. The summed E-state index contributed by atoms with van der Waals surface area (Å²) in [6.07, 6.45) is 7.30. The second-order valence-corrected chi connectivity index (χ2v) is 5.64. The number of aromatic nitrogens is 3. The highest BCUT2D eigenvalue weighted by atomic mass is 16.5. The highest BCUT2D eigenvalue weighted by molar-refractivity contribution is 5.86. The van der Waals surface area contributed by atoms with Gasteiger partial charge in [0, 0.05) is 31.4 Å². The topological polar surface area (TPSA) is 32.0 Å². The zero-order valence-corrected chi connectivity index (χ0v) is 12.8. The van der Waals surface area contributed by atoms with Crippen LogP contribution in [0.15, 0.2) is 42.9 Å². The lowest BCUT2D eigenvalue weighted by Gasteiger charge is -2.11. The molecule has 4 heteroatoms. The summed E-state index contributed by atoms with van der Waals surface area (Å²) in [5, 5.41) is 5.39. The van der Waals surface area contributed by atoms with Crippen molar-refractivity contribution in [1.82, 2.24) is 14.3 Å². The quantitative estimate of drug-likeness (QED) is 0.718. The zero-order valence-electron chi connectivity index (χ0n) is 12.8. The molecule has 0 amide bonds. The number of hydrogen-bond acceptors (Lipinski definition) is 2. The zero-order chi connectivity index (χ0) is 14.8. The molecule has 0 aliphatic heterocycles. The van der Waals surface area contributed by atoms with Crippen molar-refractivity contribution in [3.8, 4) is 5.75 Å². The largest absolute Gasteiger partial charge is 0.490 e. The fraction of sp³-hybridized carbons (Fsp3) is 0.353. The SMILES string of the molecule is CC(C)Oc1cccc2c1ccn2CCc1cnn(C)c1. The van der Waals surface area contributed by atoms with Crippen LogP contribution in [0.1, 0.15) is 19.4 Å². The fourth-order valence-electron chi connectivity index (χ4n) is 2.60. The van der Waals surface area contributed by atoms with E-state index >= 15 is 0 Å². The molecule has 0 saturated heterocycles. The molecule has 3 aromatic rings. The van der Waals surface area contributed by atoms with E-state index in [1.807, 2.05) is 24.0 Å². The maximum absolute atomic E-state index is 5.88. The molecule has 2 heterocycles. The summed E-state index contributed by atoms with van der Waals surface area (Å²) in [4.78, 5) is 0. The van der Waals surface area contributed by atoms with Crippen molar-refractivity contribution < 1.29 is 4.74 Å². The van der Waals surface area contributed by atoms with Crippen LogP contribution in [0.4, 0.5) is 0 Å². The summed E-state index contributed by atoms with van der Waals surface area (Å²) in [5.74, 6) is 0.961. The lowest BCUT2D eigenvalue weighted by Crippen LogP contribution is -2.05. The number of benzene rings is 1. The van der Waals surface area contributed by atoms with Crippen LogP contribution in [0.25, 0.3) is 10.9 Å². The van der Waals surface area contributed by atoms with Gasteiger partial charge in [0.15, 0.2) is 0 Å². The maximum Gasteiger partial charge on any atom is 0.129 e. The fourth-order valence-corrected chi connectivity index (χ4v) is 2.60. The Balaban J connectivity index is 1.83. The molecular formula is C17H21N3O. The number of fused-ring (bicyclic) bond motifs is 1. The van der Waals surface area contributed by atoms with Crippen LogP contribution in [0, 0.1) is 0 Å². The molecule has 0 N–H and O–H groups in total. The number of aryl methyl sites for hydroxylation is 3. The number of nitrogens with zero attached hydrogens (tertiary/aromatic N) is 3. The van der Waals surface area contributed by atoms with Gasteiger partial charge in [0.1, 0.15) is 5.75 Å². The van der Waals surface area contributed by atoms with E-state index in [0.717, 1.165) is 18.7 Å². The van der Waals surface area contributed by atoms with Crippen molar-refractivity contribution in [3.63, 3.8) is 0 Å². The lowest BCUT2D eigenvalue weighted by atomic mass is 10.2. The maximum atomic E-state index is 5.88. The molecule has 4 nitrogen and oxygen atoms in total. The third-order valence-corrected chi connectivity index (χ3v) is 3.54. The van der Waals surface area contributed by atoms with Gasteiger partial charge in [0.25, 0.3) is 0 Å². The van der Waals surface area contributed by atoms with Gasteiger partial charge in [-0.15, -0.1) is 0 Å². The molecule has 0 aliphatic carbocycles. The van der Waals surface area contributed by atoms with E-state index < -0.39 is 0 Å². The van der Waals surface area contributed by atoms with E-state index in [-0.39, 0.29) is 6.10 Å². The van der Waals surface area contributed by atoms with Crippen molar-refractivity contribution in [3.05, 3.63) is 48.4 Å². The minimum atomic E-state index is 0.189. The Bertz CT molecular complexity index is 739. The molecule has 0 radical (unpaired) electrons. The van der Waals surface area contributed by atoms with E-state index in [0.29, 0.717) is 0 Å². The molecular weight excluding hydrogens is 262 g/mol. The normalized spacial score (nSPS) is 11.4. The van der Waals surface area contributed by atoms with E-state index in [9.17, 15) is 0 Å². The van der Waals surface area contributed by atoms with E-state index in [1.54, 1.807) is 0 Å². The van der Waals surface area contributed by atoms with Crippen LogP contribution in [0.5, 0.6) is 5.75 Å². The average molecular weight is 283 g/mol. The van der Waals surface area contributed by atoms with Crippen LogP contribution in [-0.2, 0) is 20.0 Å². The van der Waals surface area contributed by atoms with E-state index in [1.165, 1.54) is 16.5 Å². The van der Waals surface area contributed by atoms with Crippen molar-refractivity contribution in [2.24, 2.45) is 7.05 Å². The Kier molecular flexibility index (Phi) is 3.69.